The number of piperazine rings is 1. The Kier molecular flexibility index (Phi) is 7.34. The second kappa shape index (κ2) is 9.96. The number of benzene rings is 1. The molecule has 2 aliphatic rings. The minimum Gasteiger partial charge on any atom is -0.339 e. The molecule has 30 heavy (non-hydrogen) atoms. The summed E-state index contributed by atoms with van der Waals surface area (Å²) >= 11 is 0. The van der Waals surface area contributed by atoms with Gasteiger partial charge in [0, 0.05) is 38.6 Å². The summed E-state index contributed by atoms with van der Waals surface area (Å²) in [4.78, 5) is 41.4. The van der Waals surface area contributed by atoms with Crippen molar-refractivity contribution in [3.63, 3.8) is 0 Å². The van der Waals surface area contributed by atoms with Crippen LogP contribution in [0.15, 0.2) is 24.3 Å². The molecule has 1 atom stereocenters. The van der Waals surface area contributed by atoms with Gasteiger partial charge in [-0.15, -0.1) is 0 Å². The molecular formula is C23H34N4O3. The van der Waals surface area contributed by atoms with E-state index in [1.54, 1.807) is 4.90 Å². The SMILES string of the molecule is Cc1ccc(CNC(=O)NC(CC(C)C)C(=O)N2CCN(C(=O)C3CC3)CC2)cc1. The number of amides is 4. The van der Waals surface area contributed by atoms with Crippen LogP contribution >= 0.6 is 0 Å². The first-order valence-electron chi connectivity index (χ1n) is 11.0. The van der Waals surface area contributed by atoms with Gasteiger partial charge in [0.25, 0.3) is 0 Å². The molecule has 1 aromatic rings. The molecule has 1 aliphatic heterocycles. The van der Waals surface area contributed by atoms with E-state index in [2.05, 4.69) is 10.6 Å². The van der Waals surface area contributed by atoms with Gasteiger partial charge in [0.15, 0.2) is 0 Å². The standard InChI is InChI=1S/C23H34N4O3/c1-16(2)14-20(25-23(30)24-15-18-6-4-17(3)5-7-18)22(29)27-12-10-26(11-13-27)21(28)19-8-9-19/h4-7,16,19-20H,8-15H2,1-3H3,(H2,24,25,30). The van der Waals surface area contributed by atoms with Gasteiger partial charge in [0.2, 0.25) is 11.8 Å². The summed E-state index contributed by atoms with van der Waals surface area (Å²) in [5, 5.41) is 5.72. The molecule has 4 amide bonds. The van der Waals surface area contributed by atoms with Gasteiger partial charge in [-0.05, 0) is 37.7 Å². The van der Waals surface area contributed by atoms with E-state index in [0.717, 1.165) is 18.4 Å². The van der Waals surface area contributed by atoms with Crippen molar-refractivity contribution in [1.29, 1.82) is 0 Å². The third-order valence-electron chi connectivity index (χ3n) is 5.71. The van der Waals surface area contributed by atoms with Gasteiger partial charge < -0.3 is 20.4 Å². The van der Waals surface area contributed by atoms with Crippen LogP contribution in [0.3, 0.4) is 0 Å². The zero-order valence-electron chi connectivity index (χ0n) is 18.3. The van der Waals surface area contributed by atoms with E-state index in [0.29, 0.717) is 39.1 Å². The number of hydrogen-bond donors (Lipinski definition) is 2. The highest BCUT2D eigenvalue weighted by Gasteiger charge is 2.36. The summed E-state index contributed by atoms with van der Waals surface area (Å²) in [6, 6.07) is 7.08. The first-order valence-corrected chi connectivity index (χ1v) is 11.0. The summed E-state index contributed by atoms with van der Waals surface area (Å²) in [6.07, 6.45) is 2.57. The van der Waals surface area contributed by atoms with Gasteiger partial charge in [-0.25, -0.2) is 4.79 Å². The second-order valence-corrected chi connectivity index (χ2v) is 8.92. The minimum absolute atomic E-state index is 0.0623. The Bertz CT molecular complexity index is 750. The maximum atomic E-state index is 13.1. The molecule has 1 unspecified atom stereocenters. The van der Waals surface area contributed by atoms with E-state index < -0.39 is 6.04 Å². The molecule has 2 fully saturated rings. The normalized spacial score (nSPS) is 17.6. The minimum atomic E-state index is -0.561. The molecule has 1 heterocycles. The van der Waals surface area contributed by atoms with Crippen molar-refractivity contribution in [2.24, 2.45) is 11.8 Å². The molecule has 3 rings (SSSR count). The molecule has 164 valence electrons. The topological polar surface area (TPSA) is 81.8 Å². The largest absolute Gasteiger partial charge is 0.339 e. The number of hydrogen-bond acceptors (Lipinski definition) is 3. The van der Waals surface area contributed by atoms with E-state index in [1.807, 2.05) is 49.9 Å². The number of carbonyl (C=O) groups excluding carboxylic acids is 3. The lowest BCUT2D eigenvalue weighted by Gasteiger charge is -2.37. The number of aryl methyl sites for hydroxylation is 1. The molecule has 7 heteroatoms. The monoisotopic (exact) mass is 414 g/mol. The average molecular weight is 415 g/mol. The molecule has 1 aromatic carbocycles. The van der Waals surface area contributed by atoms with Crippen molar-refractivity contribution in [3.8, 4) is 0 Å². The summed E-state index contributed by atoms with van der Waals surface area (Å²) in [6.45, 7) is 8.72. The maximum Gasteiger partial charge on any atom is 0.315 e. The molecule has 0 radical (unpaired) electrons. The van der Waals surface area contributed by atoms with Gasteiger partial charge >= 0.3 is 6.03 Å². The van der Waals surface area contributed by atoms with Crippen molar-refractivity contribution >= 4 is 17.8 Å². The lowest BCUT2D eigenvalue weighted by Crippen LogP contribution is -2.57. The van der Waals surface area contributed by atoms with E-state index in [9.17, 15) is 14.4 Å². The van der Waals surface area contributed by atoms with Crippen molar-refractivity contribution < 1.29 is 14.4 Å². The van der Waals surface area contributed by atoms with Crippen molar-refractivity contribution in [2.45, 2.75) is 52.6 Å². The van der Waals surface area contributed by atoms with Gasteiger partial charge in [0.05, 0.1) is 0 Å². The predicted octanol–water partition coefficient (Wildman–Crippen LogP) is 2.29. The second-order valence-electron chi connectivity index (χ2n) is 8.92. The summed E-state index contributed by atoms with van der Waals surface area (Å²) in [5.74, 6) is 0.649. The molecule has 2 N–H and O–H groups in total. The first-order chi connectivity index (χ1) is 14.3. The Labute approximate surface area is 179 Å². The van der Waals surface area contributed by atoms with E-state index in [1.165, 1.54) is 5.56 Å². The highest BCUT2D eigenvalue weighted by Crippen LogP contribution is 2.31. The zero-order chi connectivity index (χ0) is 21.7. The van der Waals surface area contributed by atoms with Crippen molar-refractivity contribution in [2.75, 3.05) is 26.2 Å². The molecule has 0 spiro atoms. The molecule has 0 bridgehead atoms. The Balaban J connectivity index is 1.51. The fourth-order valence-corrected chi connectivity index (χ4v) is 3.75. The first kappa shape index (κ1) is 22.1. The van der Waals surface area contributed by atoms with Crippen LogP contribution in [0.2, 0.25) is 0 Å². The summed E-state index contributed by atoms with van der Waals surface area (Å²) < 4.78 is 0. The third kappa shape index (κ3) is 6.21. The van der Waals surface area contributed by atoms with E-state index >= 15 is 0 Å². The Morgan fingerprint density at radius 1 is 1.00 bits per heavy atom. The molecule has 1 aliphatic carbocycles. The zero-order valence-corrected chi connectivity index (χ0v) is 18.3. The van der Waals surface area contributed by atoms with Crippen molar-refractivity contribution in [1.82, 2.24) is 20.4 Å². The Morgan fingerprint density at radius 3 is 2.17 bits per heavy atom. The van der Waals surface area contributed by atoms with Crippen LogP contribution in [0.1, 0.15) is 44.2 Å². The van der Waals surface area contributed by atoms with Crippen LogP contribution in [0, 0.1) is 18.8 Å². The lowest BCUT2D eigenvalue weighted by atomic mass is 10.0. The van der Waals surface area contributed by atoms with Gasteiger partial charge in [-0.1, -0.05) is 43.7 Å². The van der Waals surface area contributed by atoms with Crippen LogP contribution in [-0.4, -0.2) is 59.9 Å². The summed E-state index contributed by atoms with van der Waals surface area (Å²) in [5.41, 5.74) is 2.18. The highest BCUT2D eigenvalue weighted by atomic mass is 16.2. The molecule has 7 nitrogen and oxygen atoms in total. The van der Waals surface area contributed by atoms with Gasteiger partial charge in [0.1, 0.15) is 6.04 Å². The molecular weight excluding hydrogens is 380 g/mol. The van der Waals surface area contributed by atoms with Gasteiger partial charge in [-0.3, -0.25) is 9.59 Å². The molecule has 1 saturated carbocycles. The Morgan fingerprint density at radius 2 is 1.60 bits per heavy atom. The van der Waals surface area contributed by atoms with E-state index in [-0.39, 0.29) is 29.7 Å². The number of carbonyl (C=O) groups is 3. The number of nitrogens with one attached hydrogen (secondary N) is 2. The molecule has 1 saturated heterocycles. The fourth-order valence-electron chi connectivity index (χ4n) is 3.75. The van der Waals surface area contributed by atoms with Crippen LogP contribution in [0.5, 0.6) is 0 Å². The quantitative estimate of drug-likeness (QED) is 0.718. The average Bonchev–Trinajstić information content (AvgIpc) is 3.57. The van der Waals surface area contributed by atoms with Crippen LogP contribution in [0.25, 0.3) is 0 Å². The lowest BCUT2D eigenvalue weighted by molar-refractivity contribution is -0.141. The maximum absolute atomic E-state index is 13.1. The highest BCUT2D eigenvalue weighted by molar-refractivity contribution is 5.87. The Hall–Kier alpha value is -2.57. The van der Waals surface area contributed by atoms with Gasteiger partial charge in [-0.2, -0.15) is 0 Å². The van der Waals surface area contributed by atoms with Crippen LogP contribution in [0.4, 0.5) is 4.79 Å². The fraction of sp³-hybridized carbons (Fsp3) is 0.609. The van der Waals surface area contributed by atoms with Crippen molar-refractivity contribution in [3.05, 3.63) is 35.4 Å². The molecule has 0 aromatic heterocycles. The number of urea groups is 1. The number of rotatable bonds is 7. The van der Waals surface area contributed by atoms with Crippen LogP contribution < -0.4 is 10.6 Å². The summed E-state index contributed by atoms with van der Waals surface area (Å²) in [7, 11) is 0. The smallest absolute Gasteiger partial charge is 0.315 e. The predicted molar refractivity (Wildman–Crippen MR) is 116 cm³/mol. The van der Waals surface area contributed by atoms with E-state index in [4.69, 9.17) is 0 Å². The number of nitrogens with zero attached hydrogens (tertiary/aromatic N) is 2. The third-order valence-corrected chi connectivity index (χ3v) is 5.71. The van der Waals surface area contributed by atoms with Crippen LogP contribution in [-0.2, 0) is 16.1 Å².